The zero-order valence-electron chi connectivity index (χ0n) is 17.1. The zero-order valence-corrected chi connectivity index (χ0v) is 17.1. The number of carbonyl (C=O) groups is 1. The molecule has 1 unspecified atom stereocenters. The van der Waals surface area contributed by atoms with Crippen LogP contribution in [0.1, 0.15) is 47.7 Å². The van der Waals surface area contributed by atoms with Crippen LogP contribution in [0.15, 0.2) is 42.5 Å². The Morgan fingerprint density at radius 1 is 1.14 bits per heavy atom. The SMILES string of the molecule is CC1CCCN1CCCOc1ccc(C(=O)CN2Cc3ccc(F)cc3C2)cc1. The lowest BCUT2D eigenvalue weighted by Gasteiger charge is -2.20. The number of hydrogen-bond acceptors (Lipinski definition) is 4. The summed E-state index contributed by atoms with van der Waals surface area (Å²) in [6.45, 7) is 6.93. The number of halogens is 1. The predicted molar refractivity (Wildman–Crippen MR) is 112 cm³/mol. The average molecular weight is 397 g/mol. The van der Waals surface area contributed by atoms with Gasteiger partial charge in [-0.1, -0.05) is 6.07 Å². The summed E-state index contributed by atoms with van der Waals surface area (Å²) >= 11 is 0. The Morgan fingerprint density at radius 3 is 2.69 bits per heavy atom. The number of benzene rings is 2. The third kappa shape index (κ3) is 5.03. The van der Waals surface area contributed by atoms with Crippen LogP contribution >= 0.6 is 0 Å². The lowest BCUT2D eigenvalue weighted by Crippen LogP contribution is -2.28. The molecule has 1 fully saturated rings. The molecule has 0 aliphatic carbocycles. The molecule has 0 amide bonds. The first-order valence-electron chi connectivity index (χ1n) is 10.6. The molecule has 4 rings (SSSR count). The summed E-state index contributed by atoms with van der Waals surface area (Å²) in [5, 5.41) is 0. The van der Waals surface area contributed by atoms with Gasteiger partial charge in [0, 0.05) is 31.2 Å². The van der Waals surface area contributed by atoms with Crippen LogP contribution in [0, 0.1) is 5.82 Å². The molecule has 2 heterocycles. The third-order valence-corrected chi connectivity index (χ3v) is 6.05. The Balaban J connectivity index is 1.22. The first-order valence-corrected chi connectivity index (χ1v) is 10.6. The van der Waals surface area contributed by atoms with Gasteiger partial charge in [0.15, 0.2) is 5.78 Å². The lowest BCUT2D eigenvalue weighted by atomic mass is 10.1. The van der Waals surface area contributed by atoms with Crippen molar-refractivity contribution in [2.24, 2.45) is 0 Å². The van der Waals surface area contributed by atoms with Gasteiger partial charge >= 0.3 is 0 Å². The number of fused-ring (bicyclic) bond motifs is 1. The van der Waals surface area contributed by atoms with Crippen molar-refractivity contribution in [1.82, 2.24) is 9.80 Å². The maximum Gasteiger partial charge on any atom is 0.176 e. The van der Waals surface area contributed by atoms with Crippen molar-refractivity contribution in [3.8, 4) is 5.75 Å². The van der Waals surface area contributed by atoms with Crippen molar-refractivity contribution in [3.63, 3.8) is 0 Å². The minimum atomic E-state index is -0.220. The maximum absolute atomic E-state index is 13.4. The van der Waals surface area contributed by atoms with E-state index in [0.29, 0.717) is 37.8 Å². The van der Waals surface area contributed by atoms with E-state index in [4.69, 9.17) is 4.74 Å². The summed E-state index contributed by atoms with van der Waals surface area (Å²) in [5.74, 6) is 0.662. The van der Waals surface area contributed by atoms with Crippen LogP contribution < -0.4 is 4.74 Å². The average Bonchev–Trinajstić information content (AvgIpc) is 3.30. The minimum absolute atomic E-state index is 0.0767. The van der Waals surface area contributed by atoms with E-state index in [9.17, 15) is 9.18 Å². The standard InChI is InChI=1S/C24H29FN2O2/c1-18-4-2-11-27(18)12-3-13-29-23-9-6-19(7-10-23)24(28)17-26-15-20-5-8-22(25)14-21(20)16-26/h5-10,14,18H,2-4,11-13,15-17H2,1H3. The van der Waals surface area contributed by atoms with Gasteiger partial charge in [-0.3, -0.25) is 9.69 Å². The van der Waals surface area contributed by atoms with Gasteiger partial charge in [0.05, 0.1) is 13.2 Å². The molecule has 0 N–H and O–H groups in total. The fourth-order valence-corrected chi connectivity index (χ4v) is 4.36. The van der Waals surface area contributed by atoms with Gasteiger partial charge in [0.1, 0.15) is 11.6 Å². The molecular formula is C24H29FN2O2. The molecule has 2 aromatic rings. The summed E-state index contributed by atoms with van der Waals surface area (Å²) < 4.78 is 19.2. The second-order valence-corrected chi connectivity index (χ2v) is 8.23. The van der Waals surface area contributed by atoms with Gasteiger partial charge in [-0.15, -0.1) is 0 Å². The summed E-state index contributed by atoms with van der Waals surface area (Å²) in [6, 6.07) is 13.0. The molecule has 1 saturated heterocycles. The molecule has 4 nitrogen and oxygen atoms in total. The highest BCUT2D eigenvalue weighted by Gasteiger charge is 2.22. The van der Waals surface area contributed by atoms with Crippen molar-refractivity contribution in [2.75, 3.05) is 26.2 Å². The number of hydrogen-bond donors (Lipinski definition) is 0. The molecule has 0 spiro atoms. The van der Waals surface area contributed by atoms with E-state index < -0.39 is 0 Å². The van der Waals surface area contributed by atoms with E-state index in [-0.39, 0.29) is 11.6 Å². The topological polar surface area (TPSA) is 32.8 Å². The number of ketones is 1. The normalized spacial score (nSPS) is 19.4. The summed E-state index contributed by atoms with van der Waals surface area (Å²) in [5.41, 5.74) is 2.77. The van der Waals surface area contributed by atoms with Crippen LogP contribution in [0.3, 0.4) is 0 Å². The second-order valence-electron chi connectivity index (χ2n) is 8.23. The Kier molecular flexibility index (Phi) is 6.26. The fourth-order valence-electron chi connectivity index (χ4n) is 4.36. The molecule has 5 heteroatoms. The van der Waals surface area contributed by atoms with Crippen molar-refractivity contribution in [1.29, 1.82) is 0 Å². The predicted octanol–water partition coefficient (Wildman–Crippen LogP) is 4.28. The monoisotopic (exact) mass is 396 g/mol. The van der Waals surface area contributed by atoms with Crippen LogP contribution in [-0.4, -0.2) is 47.9 Å². The lowest BCUT2D eigenvalue weighted by molar-refractivity contribution is 0.0929. The Morgan fingerprint density at radius 2 is 1.93 bits per heavy atom. The number of likely N-dealkylation sites (tertiary alicyclic amines) is 1. The fraction of sp³-hybridized carbons (Fsp3) is 0.458. The van der Waals surface area contributed by atoms with Crippen molar-refractivity contribution in [2.45, 2.75) is 45.3 Å². The molecule has 2 aromatic carbocycles. The molecule has 29 heavy (non-hydrogen) atoms. The van der Waals surface area contributed by atoms with Crippen LogP contribution in [0.5, 0.6) is 5.75 Å². The van der Waals surface area contributed by atoms with Crippen molar-refractivity contribution >= 4 is 5.78 Å². The second kappa shape index (κ2) is 9.06. The minimum Gasteiger partial charge on any atom is -0.494 e. The molecule has 0 radical (unpaired) electrons. The molecule has 0 aromatic heterocycles. The number of Topliss-reactive ketones (excluding diaryl/α,β-unsaturated/α-hetero) is 1. The van der Waals surface area contributed by atoms with Gasteiger partial charge in [-0.25, -0.2) is 4.39 Å². The molecule has 0 bridgehead atoms. The molecule has 154 valence electrons. The highest BCUT2D eigenvalue weighted by atomic mass is 19.1. The summed E-state index contributed by atoms with van der Waals surface area (Å²) in [7, 11) is 0. The van der Waals surface area contributed by atoms with E-state index in [1.165, 1.54) is 25.5 Å². The zero-order chi connectivity index (χ0) is 20.2. The van der Waals surface area contributed by atoms with Gasteiger partial charge < -0.3 is 9.64 Å². The van der Waals surface area contributed by atoms with Gasteiger partial charge in [-0.05, 0) is 80.3 Å². The third-order valence-electron chi connectivity index (χ3n) is 6.05. The van der Waals surface area contributed by atoms with E-state index in [1.807, 2.05) is 30.3 Å². The number of carbonyl (C=O) groups excluding carboxylic acids is 1. The number of ether oxygens (including phenoxy) is 1. The van der Waals surface area contributed by atoms with Crippen LogP contribution in [0.4, 0.5) is 4.39 Å². The Labute approximate surface area is 172 Å². The van der Waals surface area contributed by atoms with E-state index in [1.54, 1.807) is 6.07 Å². The Hall–Kier alpha value is -2.24. The summed E-state index contributed by atoms with van der Waals surface area (Å²) in [6.07, 6.45) is 3.62. The van der Waals surface area contributed by atoms with Crippen molar-refractivity contribution < 1.29 is 13.9 Å². The van der Waals surface area contributed by atoms with E-state index in [2.05, 4.69) is 16.7 Å². The summed E-state index contributed by atoms with van der Waals surface area (Å²) in [4.78, 5) is 17.2. The largest absolute Gasteiger partial charge is 0.494 e. The maximum atomic E-state index is 13.4. The van der Waals surface area contributed by atoms with Gasteiger partial charge in [0.25, 0.3) is 0 Å². The van der Waals surface area contributed by atoms with E-state index >= 15 is 0 Å². The first-order chi connectivity index (χ1) is 14.1. The molecule has 2 aliphatic rings. The first kappa shape index (κ1) is 20.0. The smallest absolute Gasteiger partial charge is 0.176 e. The quantitative estimate of drug-likeness (QED) is 0.493. The number of nitrogens with zero attached hydrogens (tertiary/aromatic N) is 2. The van der Waals surface area contributed by atoms with Crippen LogP contribution in [-0.2, 0) is 13.1 Å². The van der Waals surface area contributed by atoms with Gasteiger partial charge in [-0.2, -0.15) is 0 Å². The molecule has 0 saturated carbocycles. The molecule has 2 aliphatic heterocycles. The van der Waals surface area contributed by atoms with Crippen LogP contribution in [0.2, 0.25) is 0 Å². The molecular weight excluding hydrogens is 367 g/mol. The van der Waals surface area contributed by atoms with Crippen molar-refractivity contribution in [3.05, 3.63) is 65.0 Å². The number of rotatable bonds is 8. The highest BCUT2D eigenvalue weighted by Crippen LogP contribution is 2.24. The van der Waals surface area contributed by atoms with E-state index in [0.717, 1.165) is 29.8 Å². The van der Waals surface area contributed by atoms with Gasteiger partial charge in [0.2, 0.25) is 0 Å². The highest BCUT2D eigenvalue weighted by molar-refractivity contribution is 5.97. The Bertz CT molecular complexity index is 852. The van der Waals surface area contributed by atoms with Crippen LogP contribution in [0.25, 0.3) is 0 Å². The molecule has 1 atom stereocenters.